The topological polar surface area (TPSA) is 106 Å². The molecule has 1 saturated carbocycles. The molecule has 0 radical (unpaired) electrons. The molecule has 1 unspecified atom stereocenters. The van der Waals surface area contributed by atoms with Gasteiger partial charge in [-0.05, 0) is 19.3 Å². The van der Waals surface area contributed by atoms with Crippen molar-refractivity contribution in [1.29, 1.82) is 0 Å². The van der Waals surface area contributed by atoms with E-state index in [0.29, 0.717) is 12.1 Å². The van der Waals surface area contributed by atoms with E-state index in [1.165, 1.54) is 6.07 Å². The Kier molecular flexibility index (Phi) is 3.68. The Morgan fingerprint density at radius 3 is 2.61 bits per heavy atom. The summed E-state index contributed by atoms with van der Waals surface area (Å²) in [6.07, 6.45) is 3.06. The van der Waals surface area contributed by atoms with Crippen molar-refractivity contribution in [3.8, 4) is 0 Å². The molecule has 0 bridgehead atoms. The number of hydrogen-bond donors (Lipinski definition) is 4. The summed E-state index contributed by atoms with van der Waals surface area (Å²) in [5, 5.41) is 18.8. The number of aromatic amines is 2. The van der Waals surface area contributed by atoms with Crippen molar-refractivity contribution in [1.82, 2.24) is 9.97 Å². The quantitative estimate of drug-likeness (QED) is 0.593. The van der Waals surface area contributed by atoms with Crippen molar-refractivity contribution in [3.05, 3.63) is 32.6 Å². The van der Waals surface area contributed by atoms with Crippen LogP contribution >= 0.6 is 0 Å². The van der Waals surface area contributed by atoms with E-state index in [1.54, 1.807) is 0 Å². The van der Waals surface area contributed by atoms with E-state index in [9.17, 15) is 19.8 Å². The monoisotopic (exact) mass is 254 g/mol. The van der Waals surface area contributed by atoms with Gasteiger partial charge in [0, 0.05) is 23.1 Å². The van der Waals surface area contributed by atoms with Crippen LogP contribution in [-0.4, -0.2) is 33.4 Å². The number of nitrogens with one attached hydrogen (secondary N) is 2. The van der Waals surface area contributed by atoms with Crippen LogP contribution in [0.1, 0.15) is 37.3 Å². The highest BCUT2D eigenvalue weighted by Crippen LogP contribution is 2.42. The molecular formula is C12H18N2O4. The van der Waals surface area contributed by atoms with Crippen LogP contribution < -0.4 is 11.2 Å². The third-order valence-corrected chi connectivity index (χ3v) is 3.83. The molecule has 1 aromatic rings. The molecule has 6 nitrogen and oxygen atoms in total. The van der Waals surface area contributed by atoms with Crippen molar-refractivity contribution < 1.29 is 10.2 Å². The average molecular weight is 254 g/mol. The molecule has 1 aliphatic rings. The molecule has 0 aliphatic heterocycles. The summed E-state index contributed by atoms with van der Waals surface area (Å²) in [5.74, 6) is 0.00745. The van der Waals surface area contributed by atoms with Gasteiger partial charge in [-0.25, -0.2) is 4.79 Å². The first kappa shape index (κ1) is 13.0. The fourth-order valence-corrected chi connectivity index (χ4v) is 2.76. The molecule has 2 rings (SSSR count). The first-order chi connectivity index (χ1) is 8.58. The zero-order valence-electron chi connectivity index (χ0n) is 10.1. The van der Waals surface area contributed by atoms with Gasteiger partial charge in [-0.2, -0.15) is 0 Å². The van der Waals surface area contributed by atoms with E-state index < -0.39 is 16.7 Å². The Labute approximate surface area is 104 Å². The van der Waals surface area contributed by atoms with Gasteiger partial charge in [0.15, 0.2) is 0 Å². The van der Waals surface area contributed by atoms with Gasteiger partial charge in [-0.3, -0.25) is 9.78 Å². The minimum absolute atomic E-state index is 0.00745. The van der Waals surface area contributed by atoms with Crippen molar-refractivity contribution in [2.24, 2.45) is 5.41 Å². The van der Waals surface area contributed by atoms with Crippen LogP contribution in [-0.2, 0) is 0 Å². The molecule has 1 aliphatic carbocycles. The first-order valence-electron chi connectivity index (χ1n) is 6.14. The second-order valence-corrected chi connectivity index (χ2v) is 5.15. The number of H-pyrrole nitrogens is 2. The fourth-order valence-electron chi connectivity index (χ4n) is 2.76. The maximum atomic E-state index is 11.3. The SMILES string of the molecule is O=c1cc(C2CCCC(CO)(CO)C2)[nH]c(=O)[nH]1. The van der Waals surface area contributed by atoms with Crippen LogP contribution in [0.4, 0.5) is 0 Å². The van der Waals surface area contributed by atoms with Gasteiger partial charge in [-0.15, -0.1) is 0 Å². The number of aromatic nitrogens is 2. The van der Waals surface area contributed by atoms with Crippen molar-refractivity contribution >= 4 is 0 Å². The van der Waals surface area contributed by atoms with E-state index in [4.69, 9.17) is 0 Å². The summed E-state index contributed by atoms with van der Waals surface area (Å²) in [6, 6.07) is 1.39. The van der Waals surface area contributed by atoms with Crippen LogP contribution in [0.15, 0.2) is 15.7 Å². The lowest BCUT2D eigenvalue weighted by Crippen LogP contribution is -2.36. The Hall–Kier alpha value is -1.40. The second kappa shape index (κ2) is 5.07. The number of rotatable bonds is 3. The Morgan fingerprint density at radius 2 is 2.00 bits per heavy atom. The summed E-state index contributed by atoms with van der Waals surface area (Å²) in [6.45, 7) is -0.152. The zero-order valence-corrected chi connectivity index (χ0v) is 10.1. The van der Waals surface area contributed by atoms with Crippen molar-refractivity contribution in [2.75, 3.05) is 13.2 Å². The molecule has 0 spiro atoms. The van der Waals surface area contributed by atoms with Gasteiger partial charge in [0.25, 0.3) is 5.56 Å². The molecule has 1 fully saturated rings. The predicted octanol–water partition coefficient (Wildman–Crippen LogP) is -0.308. The number of aliphatic hydroxyl groups excluding tert-OH is 2. The summed E-state index contributed by atoms with van der Waals surface area (Å²) in [7, 11) is 0. The molecule has 18 heavy (non-hydrogen) atoms. The molecule has 4 N–H and O–H groups in total. The normalized spacial score (nSPS) is 22.9. The van der Waals surface area contributed by atoms with E-state index in [2.05, 4.69) is 9.97 Å². The highest BCUT2D eigenvalue weighted by atomic mass is 16.3. The lowest BCUT2D eigenvalue weighted by atomic mass is 9.69. The Morgan fingerprint density at radius 1 is 1.28 bits per heavy atom. The molecule has 100 valence electrons. The first-order valence-corrected chi connectivity index (χ1v) is 6.14. The Bertz CT molecular complexity index is 487. The molecule has 1 heterocycles. The van der Waals surface area contributed by atoms with Gasteiger partial charge < -0.3 is 15.2 Å². The summed E-state index contributed by atoms with van der Waals surface area (Å²) >= 11 is 0. The van der Waals surface area contributed by atoms with Crippen molar-refractivity contribution in [3.63, 3.8) is 0 Å². The predicted molar refractivity (Wildman–Crippen MR) is 65.5 cm³/mol. The minimum atomic E-state index is -0.512. The third-order valence-electron chi connectivity index (χ3n) is 3.83. The highest BCUT2D eigenvalue weighted by molar-refractivity contribution is 5.09. The Balaban J connectivity index is 2.28. The largest absolute Gasteiger partial charge is 0.396 e. The van der Waals surface area contributed by atoms with Crippen LogP contribution in [0, 0.1) is 5.41 Å². The molecule has 0 amide bonds. The maximum Gasteiger partial charge on any atom is 0.325 e. The number of hydrogen-bond acceptors (Lipinski definition) is 4. The average Bonchev–Trinajstić information content (AvgIpc) is 2.37. The van der Waals surface area contributed by atoms with Gasteiger partial charge in [0.05, 0.1) is 13.2 Å². The zero-order chi connectivity index (χ0) is 13.2. The maximum absolute atomic E-state index is 11.3. The van der Waals surface area contributed by atoms with Gasteiger partial charge >= 0.3 is 5.69 Å². The van der Waals surface area contributed by atoms with Crippen LogP contribution in [0.3, 0.4) is 0 Å². The molecule has 6 heteroatoms. The summed E-state index contributed by atoms with van der Waals surface area (Å²) < 4.78 is 0. The second-order valence-electron chi connectivity index (χ2n) is 5.15. The van der Waals surface area contributed by atoms with E-state index in [-0.39, 0.29) is 19.1 Å². The molecule has 1 atom stereocenters. The summed E-state index contributed by atoms with van der Waals surface area (Å²) in [5.41, 5.74) is -0.836. The van der Waals surface area contributed by atoms with Gasteiger partial charge in [-0.1, -0.05) is 6.42 Å². The third kappa shape index (κ3) is 2.54. The van der Waals surface area contributed by atoms with E-state index >= 15 is 0 Å². The smallest absolute Gasteiger partial charge is 0.325 e. The molecular weight excluding hydrogens is 236 g/mol. The minimum Gasteiger partial charge on any atom is -0.396 e. The van der Waals surface area contributed by atoms with Gasteiger partial charge in [0.2, 0.25) is 0 Å². The van der Waals surface area contributed by atoms with Crippen molar-refractivity contribution in [2.45, 2.75) is 31.6 Å². The fraction of sp³-hybridized carbons (Fsp3) is 0.667. The van der Waals surface area contributed by atoms with E-state index in [1.807, 2.05) is 0 Å². The van der Waals surface area contributed by atoms with Gasteiger partial charge in [0.1, 0.15) is 0 Å². The van der Waals surface area contributed by atoms with E-state index in [0.717, 1.165) is 19.3 Å². The van der Waals surface area contributed by atoms with Crippen LogP contribution in [0.25, 0.3) is 0 Å². The lowest BCUT2D eigenvalue weighted by Gasteiger charge is -2.38. The lowest BCUT2D eigenvalue weighted by molar-refractivity contribution is 0.0159. The van der Waals surface area contributed by atoms with Crippen LogP contribution in [0.5, 0.6) is 0 Å². The molecule has 0 saturated heterocycles. The molecule has 1 aromatic heterocycles. The molecule has 0 aromatic carbocycles. The highest BCUT2D eigenvalue weighted by Gasteiger charge is 2.36. The summed E-state index contributed by atoms with van der Waals surface area (Å²) in [4.78, 5) is 27.3. The standard InChI is InChI=1S/C12H18N2O4/c15-6-12(7-16)3-1-2-8(5-12)9-4-10(17)14-11(18)13-9/h4,8,15-16H,1-3,5-7H2,(H2,13,14,17,18). The number of aliphatic hydroxyl groups is 2. The van der Waals surface area contributed by atoms with Crippen LogP contribution in [0.2, 0.25) is 0 Å².